The molecule has 0 fully saturated rings. The monoisotopic (exact) mass is 268 g/mol. The molecule has 5 nitrogen and oxygen atoms in total. The van der Waals surface area contributed by atoms with Crippen LogP contribution in [0.3, 0.4) is 0 Å². The van der Waals surface area contributed by atoms with Crippen LogP contribution in [-0.2, 0) is 25.4 Å². The van der Waals surface area contributed by atoms with E-state index in [0.29, 0.717) is 26.1 Å². The molecule has 5 heteroatoms. The number of rotatable bonds is 9. The van der Waals surface area contributed by atoms with E-state index < -0.39 is 0 Å². The number of esters is 1. The predicted molar refractivity (Wildman–Crippen MR) is 70.1 cm³/mol. The van der Waals surface area contributed by atoms with Crippen molar-refractivity contribution in [3.63, 3.8) is 0 Å². The lowest BCUT2D eigenvalue weighted by molar-refractivity contribution is -0.140. The van der Waals surface area contributed by atoms with Crippen LogP contribution in [0.1, 0.15) is 12.0 Å². The zero-order valence-electron chi connectivity index (χ0n) is 11.4. The molecule has 0 aliphatic carbocycles. The van der Waals surface area contributed by atoms with Crippen LogP contribution in [0.5, 0.6) is 5.75 Å². The van der Waals surface area contributed by atoms with E-state index in [9.17, 15) is 4.79 Å². The van der Waals surface area contributed by atoms with Crippen LogP contribution in [0.25, 0.3) is 0 Å². The summed E-state index contributed by atoms with van der Waals surface area (Å²) >= 11 is 0. The van der Waals surface area contributed by atoms with Gasteiger partial charge in [-0.3, -0.25) is 4.79 Å². The summed E-state index contributed by atoms with van der Waals surface area (Å²) in [4.78, 5) is 11.0. The first-order valence-corrected chi connectivity index (χ1v) is 6.11. The standard InChI is InChI=1S/C14H20O5/c1-16-9-10-18-11-19-13-6-3-12(4-7-13)5-8-14(15)17-2/h3-4,6-7H,5,8-11H2,1-2H3. The Bertz CT molecular complexity index is 361. The number of carbonyl (C=O) groups excluding carboxylic acids is 1. The number of carbonyl (C=O) groups is 1. The third kappa shape index (κ3) is 6.79. The first kappa shape index (κ1) is 15.5. The van der Waals surface area contributed by atoms with Crippen molar-refractivity contribution in [1.82, 2.24) is 0 Å². The van der Waals surface area contributed by atoms with Crippen molar-refractivity contribution in [3.8, 4) is 5.75 Å². The second-order valence-corrected chi connectivity index (χ2v) is 3.88. The van der Waals surface area contributed by atoms with Crippen LogP contribution >= 0.6 is 0 Å². The molecule has 0 heterocycles. The van der Waals surface area contributed by atoms with Gasteiger partial charge in [0.2, 0.25) is 0 Å². The van der Waals surface area contributed by atoms with E-state index in [0.717, 1.165) is 11.3 Å². The minimum Gasteiger partial charge on any atom is -0.469 e. The van der Waals surface area contributed by atoms with Crippen LogP contribution in [0.15, 0.2) is 24.3 Å². The zero-order chi connectivity index (χ0) is 13.9. The van der Waals surface area contributed by atoms with Gasteiger partial charge in [-0.1, -0.05) is 12.1 Å². The highest BCUT2D eigenvalue weighted by atomic mass is 16.7. The van der Waals surface area contributed by atoms with Gasteiger partial charge < -0.3 is 18.9 Å². The Hall–Kier alpha value is -1.59. The van der Waals surface area contributed by atoms with E-state index in [4.69, 9.17) is 14.2 Å². The number of ether oxygens (including phenoxy) is 4. The summed E-state index contributed by atoms with van der Waals surface area (Å²) in [6.07, 6.45) is 1.05. The first-order chi connectivity index (χ1) is 9.26. The molecular formula is C14H20O5. The zero-order valence-corrected chi connectivity index (χ0v) is 11.4. The Balaban J connectivity index is 2.25. The number of hydrogen-bond donors (Lipinski definition) is 0. The van der Waals surface area contributed by atoms with Gasteiger partial charge in [-0.25, -0.2) is 0 Å². The summed E-state index contributed by atoms with van der Waals surface area (Å²) in [5.41, 5.74) is 1.07. The molecule has 0 bridgehead atoms. The van der Waals surface area contributed by atoms with Crippen LogP contribution in [0, 0.1) is 0 Å². The van der Waals surface area contributed by atoms with Gasteiger partial charge in [0.15, 0.2) is 6.79 Å². The smallest absolute Gasteiger partial charge is 0.305 e. The molecule has 19 heavy (non-hydrogen) atoms. The molecule has 0 amide bonds. The lowest BCUT2D eigenvalue weighted by Gasteiger charge is -2.07. The molecule has 0 aliphatic heterocycles. The Morgan fingerprint density at radius 3 is 2.47 bits per heavy atom. The van der Waals surface area contributed by atoms with Crippen LogP contribution in [0.2, 0.25) is 0 Å². The maximum absolute atomic E-state index is 11.0. The van der Waals surface area contributed by atoms with E-state index in [1.54, 1.807) is 7.11 Å². The van der Waals surface area contributed by atoms with Gasteiger partial charge in [-0.05, 0) is 24.1 Å². The fraction of sp³-hybridized carbons (Fsp3) is 0.500. The van der Waals surface area contributed by atoms with E-state index in [1.165, 1.54) is 7.11 Å². The summed E-state index contributed by atoms with van der Waals surface area (Å²) in [7, 11) is 3.01. The Morgan fingerprint density at radius 2 is 1.84 bits per heavy atom. The second kappa shape index (κ2) is 9.35. The van der Waals surface area contributed by atoms with Crippen LogP contribution < -0.4 is 4.74 Å². The number of hydrogen-bond acceptors (Lipinski definition) is 5. The van der Waals surface area contributed by atoms with Gasteiger partial charge in [-0.2, -0.15) is 0 Å². The fourth-order valence-corrected chi connectivity index (χ4v) is 1.41. The number of benzene rings is 1. The predicted octanol–water partition coefficient (Wildman–Crippen LogP) is 1.79. The Morgan fingerprint density at radius 1 is 1.11 bits per heavy atom. The van der Waals surface area contributed by atoms with Gasteiger partial charge in [0.25, 0.3) is 0 Å². The van der Waals surface area contributed by atoms with Crippen molar-refractivity contribution in [1.29, 1.82) is 0 Å². The van der Waals surface area contributed by atoms with Crippen molar-refractivity contribution in [2.24, 2.45) is 0 Å². The van der Waals surface area contributed by atoms with E-state index in [-0.39, 0.29) is 12.8 Å². The van der Waals surface area contributed by atoms with Crippen LogP contribution in [-0.4, -0.2) is 40.2 Å². The first-order valence-electron chi connectivity index (χ1n) is 6.11. The van der Waals surface area contributed by atoms with Gasteiger partial charge in [0.05, 0.1) is 20.3 Å². The largest absolute Gasteiger partial charge is 0.469 e. The van der Waals surface area contributed by atoms with Crippen molar-refractivity contribution >= 4 is 5.97 Å². The summed E-state index contributed by atoms with van der Waals surface area (Å²) in [6.45, 7) is 1.26. The number of aryl methyl sites for hydroxylation is 1. The maximum atomic E-state index is 11.0. The average molecular weight is 268 g/mol. The minimum atomic E-state index is -0.202. The summed E-state index contributed by atoms with van der Waals surface area (Å²) in [5.74, 6) is 0.533. The molecule has 0 saturated carbocycles. The molecule has 106 valence electrons. The number of methoxy groups -OCH3 is 2. The lowest BCUT2D eigenvalue weighted by atomic mass is 10.1. The minimum absolute atomic E-state index is 0.199. The molecule has 0 radical (unpaired) electrons. The van der Waals surface area contributed by atoms with Crippen molar-refractivity contribution in [2.45, 2.75) is 12.8 Å². The molecule has 0 saturated heterocycles. The maximum Gasteiger partial charge on any atom is 0.305 e. The molecule has 1 rings (SSSR count). The molecule has 0 aromatic heterocycles. The molecule has 0 N–H and O–H groups in total. The topological polar surface area (TPSA) is 54.0 Å². The summed E-state index contributed by atoms with van der Waals surface area (Å²) < 4.78 is 20.0. The third-order valence-electron chi connectivity index (χ3n) is 2.51. The van der Waals surface area contributed by atoms with Crippen molar-refractivity contribution < 1.29 is 23.7 Å². The van der Waals surface area contributed by atoms with Crippen molar-refractivity contribution in [2.75, 3.05) is 34.2 Å². The second-order valence-electron chi connectivity index (χ2n) is 3.88. The quantitative estimate of drug-likeness (QED) is 0.388. The highest BCUT2D eigenvalue weighted by Crippen LogP contribution is 2.13. The molecule has 0 atom stereocenters. The fourth-order valence-electron chi connectivity index (χ4n) is 1.41. The SMILES string of the molecule is COCCOCOc1ccc(CCC(=O)OC)cc1. The van der Waals surface area contributed by atoms with Gasteiger partial charge in [0, 0.05) is 13.5 Å². The summed E-state index contributed by atoms with van der Waals surface area (Å²) in [5, 5.41) is 0. The highest BCUT2D eigenvalue weighted by Gasteiger charge is 2.01. The Kier molecular flexibility index (Phi) is 7.62. The molecule has 0 unspecified atom stereocenters. The van der Waals surface area contributed by atoms with Gasteiger partial charge in [0.1, 0.15) is 5.75 Å². The molecule has 0 spiro atoms. The third-order valence-corrected chi connectivity index (χ3v) is 2.51. The average Bonchev–Trinajstić information content (AvgIpc) is 2.45. The van der Waals surface area contributed by atoms with Crippen LogP contribution in [0.4, 0.5) is 0 Å². The van der Waals surface area contributed by atoms with Gasteiger partial charge in [-0.15, -0.1) is 0 Å². The van der Waals surface area contributed by atoms with Crippen molar-refractivity contribution in [3.05, 3.63) is 29.8 Å². The molecule has 1 aromatic rings. The summed E-state index contributed by atoms with van der Waals surface area (Å²) in [6, 6.07) is 7.56. The van der Waals surface area contributed by atoms with E-state index >= 15 is 0 Å². The van der Waals surface area contributed by atoms with Gasteiger partial charge >= 0.3 is 5.97 Å². The molecule has 1 aromatic carbocycles. The van der Waals surface area contributed by atoms with E-state index in [1.807, 2.05) is 24.3 Å². The molecular weight excluding hydrogens is 248 g/mol. The highest BCUT2D eigenvalue weighted by molar-refractivity contribution is 5.69. The molecule has 0 aliphatic rings. The lowest BCUT2D eigenvalue weighted by Crippen LogP contribution is -2.07. The normalized spacial score (nSPS) is 10.2. The Labute approximate surface area is 113 Å². The van der Waals surface area contributed by atoms with E-state index in [2.05, 4.69) is 4.74 Å².